The molecule has 1 aliphatic rings. The van der Waals surface area contributed by atoms with E-state index in [9.17, 15) is 14.7 Å². The van der Waals surface area contributed by atoms with Crippen LogP contribution in [0.3, 0.4) is 0 Å². The summed E-state index contributed by atoms with van der Waals surface area (Å²) in [6.07, 6.45) is 8.68. The van der Waals surface area contributed by atoms with Crippen molar-refractivity contribution in [2.75, 3.05) is 25.6 Å². The molecule has 0 fully saturated rings. The summed E-state index contributed by atoms with van der Waals surface area (Å²) in [5.41, 5.74) is 8.33. The Hall–Kier alpha value is -4.50. The lowest BCUT2D eigenvalue weighted by atomic mass is 10.0. The zero-order valence-corrected chi connectivity index (χ0v) is 27.4. The van der Waals surface area contributed by atoms with E-state index in [1.807, 2.05) is 36.4 Å². The average molecular weight is 671 g/mol. The molecular formula is C38H35ClO7S. The summed E-state index contributed by atoms with van der Waals surface area (Å²) in [6.45, 7) is 2.06. The smallest absolute Gasteiger partial charge is 0.341 e. The Morgan fingerprint density at radius 3 is 2.17 bits per heavy atom. The van der Waals surface area contributed by atoms with Crippen molar-refractivity contribution < 1.29 is 34.0 Å². The predicted octanol–water partition coefficient (Wildman–Crippen LogP) is 8.30. The van der Waals surface area contributed by atoms with Crippen LogP contribution in [-0.2, 0) is 27.2 Å². The van der Waals surface area contributed by atoms with Gasteiger partial charge in [-0.25, -0.2) is 9.59 Å². The molecule has 4 aromatic carbocycles. The fourth-order valence-electron chi connectivity index (χ4n) is 5.30. The van der Waals surface area contributed by atoms with E-state index in [0.29, 0.717) is 36.2 Å². The van der Waals surface area contributed by atoms with E-state index in [-0.39, 0.29) is 0 Å². The van der Waals surface area contributed by atoms with Gasteiger partial charge in [0, 0.05) is 29.7 Å². The SMILES string of the molecule is CCOC(Cc1ccc(SCC=Cc2ccc3c(c2)Cc2cc(C=CCOc4ccc(OCC(=O)O)cc4Cl)ccc2-3)cc1)C(=O)O. The Kier molecular flexibility index (Phi) is 11.8. The molecule has 7 nitrogen and oxygen atoms in total. The lowest BCUT2D eigenvalue weighted by Crippen LogP contribution is -2.26. The molecule has 0 radical (unpaired) electrons. The van der Waals surface area contributed by atoms with Crippen molar-refractivity contribution in [3.05, 3.63) is 124 Å². The molecule has 1 aliphatic carbocycles. The van der Waals surface area contributed by atoms with E-state index in [2.05, 4.69) is 48.6 Å². The highest BCUT2D eigenvalue weighted by atomic mass is 35.5. The molecule has 0 bridgehead atoms. The molecule has 5 rings (SSSR count). The normalized spacial score (nSPS) is 12.6. The summed E-state index contributed by atoms with van der Waals surface area (Å²) >= 11 is 7.99. The third-order valence-corrected chi connectivity index (χ3v) is 8.74. The molecule has 0 heterocycles. The van der Waals surface area contributed by atoms with Crippen LogP contribution in [0.1, 0.15) is 34.7 Å². The molecule has 4 aromatic rings. The predicted molar refractivity (Wildman–Crippen MR) is 187 cm³/mol. The number of hydrogen-bond acceptors (Lipinski definition) is 6. The van der Waals surface area contributed by atoms with Gasteiger partial charge in [0.2, 0.25) is 0 Å². The van der Waals surface area contributed by atoms with Gasteiger partial charge < -0.3 is 24.4 Å². The van der Waals surface area contributed by atoms with Crippen molar-refractivity contribution in [3.8, 4) is 22.6 Å². The highest BCUT2D eigenvalue weighted by Gasteiger charge is 2.19. The molecule has 0 saturated carbocycles. The molecule has 1 atom stereocenters. The molecule has 2 N–H and O–H groups in total. The lowest BCUT2D eigenvalue weighted by Gasteiger charge is -2.12. The van der Waals surface area contributed by atoms with E-state index in [1.165, 1.54) is 33.9 Å². The maximum atomic E-state index is 11.3. The molecule has 0 amide bonds. The van der Waals surface area contributed by atoms with Crippen LogP contribution in [-0.4, -0.2) is 53.8 Å². The molecule has 1 unspecified atom stereocenters. The molecule has 0 aliphatic heterocycles. The number of carboxylic acid groups (broad SMARTS) is 2. The van der Waals surface area contributed by atoms with Crippen LogP contribution in [0.25, 0.3) is 23.3 Å². The summed E-state index contributed by atoms with van der Waals surface area (Å²) in [4.78, 5) is 23.2. The Labute approximate surface area is 283 Å². The number of ether oxygens (including phenoxy) is 3. The highest BCUT2D eigenvalue weighted by molar-refractivity contribution is 7.99. The molecule has 0 spiro atoms. The number of aliphatic carboxylic acids is 2. The Balaban J connectivity index is 1.10. The topological polar surface area (TPSA) is 102 Å². The maximum absolute atomic E-state index is 11.3. The van der Waals surface area contributed by atoms with Gasteiger partial charge in [0.1, 0.15) is 18.1 Å². The van der Waals surface area contributed by atoms with Gasteiger partial charge in [0.05, 0.1) is 5.02 Å². The molecular weight excluding hydrogens is 636 g/mol. The number of fused-ring (bicyclic) bond motifs is 3. The van der Waals surface area contributed by atoms with Gasteiger partial charge in [-0.15, -0.1) is 11.8 Å². The minimum Gasteiger partial charge on any atom is -0.488 e. The first-order valence-electron chi connectivity index (χ1n) is 15.2. The van der Waals surface area contributed by atoms with Crippen LogP contribution in [0.5, 0.6) is 11.5 Å². The van der Waals surface area contributed by atoms with Gasteiger partial charge >= 0.3 is 11.9 Å². The van der Waals surface area contributed by atoms with E-state index >= 15 is 0 Å². The number of hydrogen-bond donors (Lipinski definition) is 2. The van der Waals surface area contributed by atoms with Crippen molar-refractivity contribution >= 4 is 47.5 Å². The van der Waals surface area contributed by atoms with Gasteiger partial charge in [-0.2, -0.15) is 0 Å². The standard InChI is InChI=1S/C38H35ClO7S/c1-2-44-36(38(42)43)21-27-7-12-31(13-8-27)47-18-4-6-26-10-15-33-29(20-26)22-28-19-25(9-14-32(28)33)5-3-17-45-35-16-11-30(23-34(35)39)46-24-37(40)41/h3-16,19-20,23,36H,2,17-18,21-22,24H2,1H3,(H,40,41)(H,42,43). The summed E-state index contributed by atoms with van der Waals surface area (Å²) in [5.74, 6) is -0.307. The first-order valence-corrected chi connectivity index (χ1v) is 16.6. The van der Waals surface area contributed by atoms with Crippen LogP contribution in [0.4, 0.5) is 0 Å². The van der Waals surface area contributed by atoms with Crippen molar-refractivity contribution in [2.24, 2.45) is 0 Å². The van der Waals surface area contributed by atoms with Gasteiger partial charge in [0.25, 0.3) is 0 Å². The fourth-order valence-corrected chi connectivity index (χ4v) is 6.23. The second kappa shape index (κ2) is 16.4. The van der Waals surface area contributed by atoms with E-state index in [0.717, 1.165) is 28.2 Å². The minimum atomic E-state index is -1.06. The molecule has 0 aromatic heterocycles. The van der Waals surface area contributed by atoms with Crippen molar-refractivity contribution in [3.63, 3.8) is 0 Å². The quantitative estimate of drug-likeness (QED) is 0.101. The summed E-state index contributed by atoms with van der Waals surface area (Å²) in [7, 11) is 0. The lowest BCUT2D eigenvalue weighted by molar-refractivity contribution is -0.150. The largest absolute Gasteiger partial charge is 0.488 e. The number of halogens is 1. The van der Waals surface area contributed by atoms with Crippen LogP contribution < -0.4 is 9.47 Å². The van der Waals surface area contributed by atoms with Crippen molar-refractivity contribution in [1.82, 2.24) is 0 Å². The highest BCUT2D eigenvalue weighted by Crippen LogP contribution is 2.38. The maximum Gasteiger partial charge on any atom is 0.341 e. The van der Waals surface area contributed by atoms with Crippen LogP contribution in [0.2, 0.25) is 5.02 Å². The van der Waals surface area contributed by atoms with Gasteiger partial charge in [-0.3, -0.25) is 0 Å². The van der Waals surface area contributed by atoms with E-state index in [4.69, 9.17) is 30.9 Å². The molecule has 47 heavy (non-hydrogen) atoms. The third-order valence-electron chi connectivity index (χ3n) is 7.48. The molecule has 242 valence electrons. The third kappa shape index (κ3) is 9.51. The second-order valence-corrected chi connectivity index (χ2v) is 12.3. The van der Waals surface area contributed by atoms with E-state index in [1.54, 1.807) is 30.8 Å². The number of carboxylic acids is 2. The number of thioether (sulfide) groups is 1. The average Bonchev–Trinajstić information content (AvgIpc) is 3.42. The molecule has 0 saturated heterocycles. The summed E-state index contributed by atoms with van der Waals surface area (Å²) in [6, 6.07) is 25.9. The summed E-state index contributed by atoms with van der Waals surface area (Å²) in [5, 5.41) is 18.4. The van der Waals surface area contributed by atoms with Gasteiger partial charge in [-0.1, -0.05) is 78.4 Å². The summed E-state index contributed by atoms with van der Waals surface area (Å²) < 4.78 is 16.2. The molecule has 9 heteroatoms. The fraction of sp³-hybridized carbons (Fsp3) is 0.211. The first-order chi connectivity index (χ1) is 22.8. The number of benzene rings is 4. The van der Waals surface area contributed by atoms with Crippen molar-refractivity contribution in [1.29, 1.82) is 0 Å². The second-order valence-electron chi connectivity index (χ2n) is 10.8. The first kappa shape index (κ1) is 33.9. The number of carbonyl (C=O) groups is 2. The zero-order valence-electron chi connectivity index (χ0n) is 25.9. The Morgan fingerprint density at radius 1 is 0.872 bits per heavy atom. The van der Waals surface area contributed by atoms with Crippen LogP contribution in [0.15, 0.2) is 95.9 Å². The van der Waals surface area contributed by atoms with Crippen molar-refractivity contribution in [2.45, 2.75) is 30.8 Å². The minimum absolute atomic E-state index is 0.327. The van der Waals surface area contributed by atoms with Crippen LogP contribution >= 0.6 is 23.4 Å². The van der Waals surface area contributed by atoms with Crippen LogP contribution in [0, 0.1) is 0 Å². The monoisotopic (exact) mass is 670 g/mol. The Morgan fingerprint density at radius 2 is 1.55 bits per heavy atom. The van der Waals surface area contributed by atoms with Gasteiger partial charge in [0.15, 0.2) is 12.7 Å². The van der Waals surface area contributed by atoms with E-state index < -0.39 is 24.6 Å². The zero-order chi connectivity index (χ0) is 33.2. The number of rotatable bonds is 16. The Bertz CT molecular complexity index is 1780. The van der Waals surface area contributed by atoms with Gasteiger partial charge in [-0.05, 0) is 82.6 Å².